The molecule has 2 N–H and O–H groups in total. The van der Waals surface area contributed by atoms with Gasteiger partial charge in [-0.1, -0.05) is 0 Å². The van der Waals surface area contributed by atoms with Crippen LogP contribution in [0.25, 0.3) is 0 Å². The van der Waals surface area contributed by atoms with Crippen LogP contribution in [0.15, 0.2) is 0 Å². The average molecular weight is 190 g/mol. The van der Waals surface area contributed by atoms with Gasteiger partial charge in [0.1, 0.15) is 0 Å². The van der Waals surface area contributed by atoms with Crippen molar-refractivity contribution in [1.29, 1.82) is 0 Å². The molecule has 2 heterocycles. The second kappa shape index (κ2) is 3.13. The van der Waals surface area contributed by atoms with Crippen molar-refractivity contribution >= 4 is 0 Å². The highest BCUT2D eigenvalue weighted by Gasteiger charge is 2.26. The minimum atomic E-state index is 0.785. The minimum absolute atomic E-state index is 0.785. The third-order valence-electron chi connectivity index (χ3n) is 3.75. The molecule has 1 aromatic heterocycles. The van der Waals surface area contributed by atoms with Crippen molar-refractivity contribution in [3.63, 3.8) is 0 Å². The van der Waals surface area contributed by atoms with Gasteiger partial charge in [0, 0.05) is 17.9 Å². The van der Waals surface area contributed by atoms with E-state index in [0.717, 1.165) is 5.92 Å². The van der Waals surface area contributed by atoms with E-state index >= 15 is 0 Å². The number of fused-ring (bicyclic) bond motifs is 1. The van der Waals surface area contributed by atoms with E-state index in [4.69, 9.17) is 0 Å². The molecule has 1 aliphatic carbocycles. The number of hydrogen-bond donors (Lipinski definition) is 2. The van der Waals surface area contributed by atoms with Crippen LogP contribution in [0.5, 0.6) is 0 Å². The van der Waals surface area contributed by atoms with Gasteiger partial charge in [-0.15, -0.1) is 0 Å². The molecule has 2 aliphatic rings. The van der Waals surface area contributed by atoms with E-state index in [1.807, 2.05) is 0 Å². The van der Waals surface area contributed by atoms with Crippen LogP contribution >= 0.6 is 0 Å². The number of aromatic amines is 1. The molecule has 1 atom stereocenters. The monoisotopic (exact) mass is 190 g/mol. The zero-order valence-corrected chi connectivity index (χ0v) is 8.82. The molecule has 1 aliphatic heterocycles. The maximum absolute atomic E-state index is 3.57. The van der Waals surface area contributed by atoms with Crippen LogP contribution in [0.4, 0.5) is 0 Å². The highest BCUT2D eigenvalue weighted by Crippen LogP contribution is 2.35. The molecular weight excluding hydrogens is 172 g/mol. The molecule has 1 saturated heterocycles. The first-order valence-electron chi connectivity index (χ1n) is 5.77. The second-order valence-electron chi connectivity index (χ2n) is 4.66. The summed E-state index contributed by atoms with van der Waals surface area (Å²) >= 11 is 0. The number of aromatic nitrogens is 1. The number of hydrogen-bond acceptors (Lipinski definition) is 1. The maximum atomic E-state index is 3.57. The Morgan fingerprint density at radius 1 is 1.29 bits per heavy atom. The molecule has 0 bridgehead atoms. The Labute approximate surface area is 85.1 Å². The fourth-order valence-corrected chi connectivity index (χ4v) is 3.15. The van der Waals surface area contributed by atoms with E-state index < -0.39 is 0 Å². The Morgan fingerprint density at radius 3 is 3.00 bits per heavy atom. The summed E-state index contributed by atoms with van der Waals surface area (Å²) in [5.41, 5.74) is 6.28. The summed E-state index contributed by atoms with van der Waals surface area (Å²) in [7, 11) is 0. The van der Waals surface area contributed by atoms with E-state index in [9.17, 15) is 0 Å². The van der Waals surface area contributed by atoms with Gasteiger partial charge in [-0.05, 0) is 56.2 Å². The fraction of sp³-hybridized carbons (Fsp3) is 0.667. The number of aryl methyl sites for hydroxylation is 2. The molecule has 0 amide bonds. The summed E-state index contributed by atoms with van der Waals surface area (Å²) in [6.07, 6.45) is 5.27. The van der Waals surface area contributed by atoms with Crippen molar-refractivity contribution in [3.05, 3.63) is 22.5 Å². The second-order valence-corrected chi connectivity index (χ2v) is 4.66. The summed E-state index contributed by atoms with van der Waals surface area (Å²) in [4.78, 5) is 3.57. The van der Waals surface area contributed by atoms with E-state index in [1.165, 1.54) is 50.2 Å². The largest absolute Gasteiger partial charge is 0.362 e. The highest BCUT2D eigenvalue weighted by atomic mass is 14.9. The van der Waals surface area contributed by atoms with Crippen LogP contribution < -0.4 is 5.32 Å². The van der Waals surface area contributed by atoms with Crippen LogP contribution in [-0.4, -0.2) is 18.1 Å². The number of nitrogens with one attached hydrogen (secondary N) is 2. The van der Waals surface area contributed by atoms with Crippen LogP contribution in [0.3, 0.4) is 0 Å². The smallest absolute Gasteiger partial charge is 0.0184 e. The summed E-state index contributed by atoms with van der Waals surface area (Å²) in [5.74, 6) is 0.785. The Kier molecular flexibility index (Phi) is 1.91. The molecule has 0 saturated carbocycles. The lowest BCUT2D eigenvalue weighted by atomic mass is 9.94. The molecule has 0 spiro atoms. The van der Waals surface area contributed by atoms with Gasteiger partial charge in [-0.3, -0.25) is 0 Å². The fourth-order valence-electron chi connectivity index (χ4n) is 3.15. The van der Waals surface area contributed by atoms with Gasteiger partial charge in [0.2, 0.25) is 0 Å². The molecule has 76 valence electrons. The van der Waals surface area contributed by atoms with Crippen LogP contribution in [0, 0.1) is 6.92 Å². The molecule has 1 fully saturated rings. The molecule has 2 heteroatoms. The molecule has 0 radical (unpaired) electrons. The highest BCUT2D eigenvalue weighted by molar-refractivity contribution is 5.42. The molecular formula is C12H18N2. The quantitative estimate of drug-likeness (QED) is 0.695. The van der Waals surface area contributed by atoms with Crippen molar-refractivity contribution in [2.75, 3.05) is 13.1 Å². The lowest BCUT2D eigenvalue weighted by molar-refractivity contribution is 0.743. The Morgan fingerprint density at radius 2 is 2.21 bits per heavy atom. The van der Waals surface area contributed by atoms with Crippen molar-refractivity contribution in [3.8, 4) is 0 Å². The Hall–Kier alpha value is -0.760. The van der Waals surface area contributed by atoms with E-state index in [2.05, 4.69) is 17.2 Å². The topological polar surface area (TPSA) is 27.8 Å². The third-order valence-corrected chi connectivity index (χ3v) is 3.75. The SMILES string of the molecule is Cc1[nH]c2c(c1C1CCNC1)CCC2. The van der Waals surface area contributed by atoms with E-state index in [1.54, 1.807) is 11.1 Å². The van der Waals surface area contributed by atoms with Gasteiger partial charge in [-0.2, -0.15) is 0 Å². The van der Waals surface area contributed by atoms with Crippen molar-refractivity contribution < 1.29 is 0 Å². The predicted molar refractivity (Wildman–Crippen MR) is 57.8 cm³/mol. The lowest BCUT2D eigenvalue weighted by Crippen LogP contribution is -2.09. The molecule has 14 heavy (non-hydrogen) atoms. The Bertz CT molecular complexity index is 345. The zero-order valence-electron chi connectivity index (χ0n) is 8.82. The Balaban J connectivity index is 2.02. The first-order valence-corrected chi connectivity index (χ1v) is 5.77. The average Bonchev–Trinajstić information content (AvgIpc) is 2.78. The maximum Gasteiger partial charge on any atom is 0.0184 e. The summed E-state index contributed by atoms with van der Waals surface area (Å²) < 4.78 is 0. The summed E-state index contributed by atoms with van der Waals surface area (Å²) in [6.45, 7) is 4.63. The van der Waals surface area contributed by atoms with Gasteiger partial charge in [-0.25, -0.2) is 0 Å². The number of H-pyrrole nitrogens is 1. The third kappa shape index (κ3) is 1.13. The van der Waals surface area contributed by atoms with Gasteiger partial charge in [0.15, 0.2) is 0 Å². The summed E-state index contributed by atoms with van der Waals surface area (Å²) in [5, 5.41) is 3.47. The van der Waals surface area contributed by atoms with Crippen LogP contribution in [0.1, 0.15) is 41.3 Å². The van der Waals surface area contributed by atoms with E-state index in [-0.39, 0.29) is 0 Å². The normalized spacial score (nSPS) is 25.6. The van der Waals surface area contributed by atoms with Crippen molar-refractivity contribution in [2.24, 2.45) is 0 Å². The lowest BCUT2D eigenvalue weighted by Gasteiger charge is -2.10. The van der Waals surface area contributed by atoms with Gasteiger partial charge in [0.25, 0.3) is 0 Å². The van der Waals surface area contributed by atoms with Crippen molar-refractivity contribution in [2.45, 2.75) is 38.5 Å². The first kappa shape index (κ1) is 8.54. The van der Waals surface area contributed by atoms with Crippen LogP contribution in [-0.2, 0) is 12.8 Å². The van der Waals surface area contributed by atoms with Crippen molar-refractivity contribution in [1.82, 2.24) is 10.3 Å². The van der Waals surface area contributed by atoms with Crippen LogP contribution in [0.2, 0.25) is 0 Å². The molecule has 0 aromatic carbocycles. The molecule has 2 nitrogen and oxygen atoms in total. The molecule has 1 aromatic rings. The first-order chi connectivity index (χ1) is 6.86. The zero-order chi connectivity index (χ0) is 9.54. The molecule has 1 unspecified atom stereocenters. The summed E-state index contributed by atoms with van der Waals surface area (Å²) in [6, 6.07) is 0. The number of rotatable bonds is 1. The standard InChI is InChI=1S/C12H18N2/c1-8-12(9-5-6-13-7-9)10-3-2-4-11(10)14-8/h9,13-14H,2-7H2,1H3. The van der Waals surface area contributed by atoms with Gasteiger partial charge < -0.3 is 10.3 Å². The molecule has 3 rings (SSSR count). The van der Waals surface area contributed by atoms with Gasteiger partial charge >= 0.3 is 0 Å². The predicted octanol–water partition coefficient (Wildman–Crippen LogP) is 1.89. The minimum Gasteiger partial charge on any atom is -0.362 e. The van der Waals surface area contributed by atoms with Gasteiger partial charge in [0.05, 0.1) is 0 Å². The van der Waals surface area contributed by atoms with E-state index in [0.29, 0.717) is 0 Å².